The minimum atomic E-state index is 0. The monoisotopic (exact) mass is 280 g/mol. The van der Waals surface area contributed by atoms with Gasteiger partial charge in [0.05, 0.1) is 18.9 Å². The summed E-state index contributed by atoms with van der Waals surface area (Å²) in [6.07, 6.45) is 4.32. The van der Waals surface area contributed by atoms with E-state index in [1.54, 1.807) is 12.5 Å². The van der Waals surface area contributed by atoms with Crippen molar-refractivity contribution in [3.8, 4) is 11.5 Å². The summed E-state index contributed by atoms with van der Waals surface area (Å²) in [7, 11) is 1.94. The van der Waals surface area contributed by atoms with Crippen LogP contribution < -0.4 is 5.32 Å². The highest BCUT2D eigenvalue weighted by molar-refractivity contribution is 5.85. The number of ether oxygens (including phenoxy) is 1. The van der Waals surface area contributed by atoms with E-state index < -0.39 is 0 Å². The molecule has 1 aliphatic heterocycles. The van der Waals surface area contributed by atoms with Crippen LogP contribution in [0.3, 0.4) is 0 Å². The van der Waals surface area contributed by atoms with Crippen LogP contribution in [0.15, 0.2) is 35.1 Å². The Hall–Kier alpha value is -1.36. The van der Waals surface area contributed by atoms with Crippen LogP contribution in [0.25, 0.3) is 11.5 Å². The molecule has 1 aromatic carbocycles. The molecular formula is C14H17ClN2O2. The van der Waals surface area contributed by atoms with Crippen molar-refractivity contribution < 1.29 is 9.15 Å². The van der Waals surface area contributed by atoms with Gasteiger partial charge in [0.15, 0.2) is 0 Å². The summed E-state index contributed by atoms with van der Waals surface area (Å²) in [4.78, 5) is 4.24. The van der Waals surface area contributed by atoms with Crippen molar-refractivity contribution in [3.63, 3.8) is 0 Å². The molecule has 0 spiro atoms. The third kappa shape index (κ3) is 2.66. The summed E-state index contributed by atoms with van der Waals surface area (Å²) in [6, 6.07) is 6.23. The quantitative estimate of drug-likeness (QED) is 0.939. The van der Waals surface area contributed by atoms with E-state index in [9.17, 15) is 0 Å². The zero-order valence-electron chi connectivity index (χ0n) is 10.8. The van der Waals surface area contributed by atoms with Gasteiger partial charge in [-0.25, -0.2) is 4.98 Å². The average Bonchev–Trinajstić information content (AvgIpc) is 2.93. The van der Waals surface area contributed by atoms with Gasteiger partial charge in [0.25, 0.3) is 0 Å². The van der Waals surface area contributed by atoms with E-state index in [0.29, 0.717) is 5.89 Å². The van der Waals surface area contributed by atoms with E-state index in [1.165, 1.54) is 11.1 Å². The molecule has 0 bridgehead atoms. The first-order chi connectivity index (χ1) is 8.90. The van der Waals surface area contributed by atoms with Gasteiger partial charge < -0.3 is 14.5 Å². The molecule has 19 heavy (non-hydrogen) atoms. The normalized spacial score (nSPS) is 17.6. The Morgan fingerprint density at radius 3 is 3.05 bits per heavy atom. The molecule has 3 rings (SSSR count). The molecule has 1 aromatic heterocycles. The molecule has 0 aliphatic carbocycles. The fourth-order valence-corrected chi connectivity index (χ4v) is 2.49. The molecule has 0 fully saturated rings. The van der Waals surface area contributed by atoms with Crippen molar-refractivity contribution in [1.82, 2.24) is 10.3 Å². The van der Waals surface area contributed by atoms with E-state index in [1.807, 2.05) is 13.1 Å². The van der Waals surface area contributed by atoms with Crippen molar-refractivity contribution in [3.05, 3.63) is 41.8 Å². The van der Waals surface area contributed by atoms with Gasteiger partial charge in [-0.1, -0.05) is 12.1 Å². The van der Waals surface area contributed by atoms with Crippen molar-refractivity contribution in [2.75, 3.05) is 20.2 Å². The van der Waals surface area contributed by atoms with E-state index in [-0.39, 0.29) is 18.5 Å². The molecule has 1 aliphatic rings. The average molecular weight is 281 g/mol. The lowest BCUT2D eigenvalue weighted by atomic mass is 9.92. The fourth-order valence-electron chi connectivity index (χ4n) is 2.49. The highest BCUT2D eigenvalue weighted by atomic mass is 35.5. The summed E-state index contributed by atoms with van der Waals surface area (Å²) in [5.74, 6) is 0.692. The SMILES string of the molecule is CNCC1OCCc2c(-c3ncco3)cccc21.Cl. The molecular weight excluding hydrogens is 264 g/mol. The molecule has 102 valence electrons. The standard InChI is InChI=1S/C14H16N2O2.ClH/c1-15-9-13-11-3-2-4-12(10(11)5-7-17-13)14-16-6-8-18-14;/h2-4,6,8,13,15H,5,7,9H2,1H3;1H. The molecule has 4 nitrogen and oxygen atoms in total. The van der Waals surface area contributed by atoms with Crippen LogP contribution in [-0.4, -0.2) is 25.2 Å². The number of hydrogen-bond donors (Lipinski definition) is 1. The first-order valence-electron chi connectivity index (χ1n) is 6.18. The number of likely N-dealkylation sites (N-methyl/N-ethyl adjacent to an activating group) is 1. The molecule has 2 heterocycles. The number of halogens is 1. The number of nitrogens with zero attached hydrogens (tertiary/aromatic N) is 1. The zero-order valence-corrected chi connectivity index (χ0v) is 11.6. The molecule has 0 saturated heterocycles. The molecule has 0 saturated carbocycles. The van der Waals surface area contributed by atoms with Gasteiger partial charge in [0.1, 0.15) is 6.26 Å². The number of rotatable bonds is 3. The first-order valence-corrected chi connectivity index (χ1v) is 6.18. The van der Waals surface area contributed by atoms with Crippen LogP contribution in [0.5, 0.6) is 0 Å². The van der Waals surface area contributed by atoms with Crippen LogP contribution in [0.4, 0.5) is 0 Å². The largest absolute Gasteiger partial charge is 0.445 e. The molecule has 0 amide bonds. The Kier molecular flexibility index (Phi) is 4.58. The summed E-state index contributed by atoms with van der Waals surface area (Å²) in [5.41, 5.74) is 3.62. The van der Waals surface area contributed by atoms with Gasteiger partial charge >= 0.3 is 0 Å². The van der Waals surface area contributed by atoms with Crippen molar-refractivity contribution in [2.45, 2.75) is 12.5 Å². The molecule has 1 atom stereocenters. The topological polar surface area (TPSA) is 47.3 Å². The summed E-state index contributed by atoms with van der Waals surface area (Å²) < 4.78 is 11.2. The molecule has 0 radical (unpaired) electrons. The first kappa shape index (κ1) is 14.1. The lowest BCUT2D eigenvalue weighted by Crippen LogP contribution is -2.25. The van der Waals surface area contributed by atoms with Crippen LogP contribution >= 0.6 is 12.4 Å². The van der Waals surface area contributed by atoms with Crippen LogP contribution in [0, 0.1) is 0 Å². The van der Waals surface area contributed by atoms with E-state index in [4.69, 9.17) is 9.15 Å². The van der Waals surface area contributed by atoms with E-state index in [0.717, 1.165) is 25.1 Å². The third-order valence-corrected chi connectivity index (χ3v) is 3.28. The maximum atomic E-state index is 5.80. The number of aromatic nitrogens is 1. The number of fused-ring (bicyclic) bond motifs is 1. The fraction of sp³-hybridized carbons (Fsp3) is 0.357. The minimum Gasteiger partial charge on any atom is -0.445 e. The second-order valence-corrected chi connectivity index (χ2v) is 4.38. The van der Waals surface area contributed by atoms with Gasteiger partial charge in [-0.3, -0.25) is 0 Å². The number of nitrogens with one attached hydrogen (secondary N) is 1. The Balaban J connectivity index is 0.00000133. The smallest absolute Gasteiger partial charge is 0.226 e. The molecule has 2 aromatic rings. The summed E-state index contributed by atoms with van der Waals surface area (Å²) in [5, 5.41) is 3.17. The number of benzene rings is 1. The number of oxazole rings is 1. The van der Waals surface area contributed by atoms with Crippen LogP contribution in [0.1, 0.15) is 17.2 Å². The predicted molar refractivity (Wildman–Crippen MR) is 75.5 cm³/mol. The zero-order chi connectivity index (χ0) is 12.4. The van der Waals surface area contributed by atoms with Gasteiger partial charge in [0, 0.05) is 12.1 Å². The highest BCUT2D eigenvalue weighted by Crippen LogP contribution is 2.33. The van der Waals surface area contributed by atoms with Gasteiger partial charge in [-0.15, -0.1) is 12.4 Å². The lowest BCUT2D eigenvalue weighted by Gasteiger charge is -2.27. The predicted octanol–water partition coefficient (Wildman–Crippen LogP) is 2.60. The maximum Gasteiger partial charge on any atom is 0.226 e. The third-order valence-electron chi connectivity index (χ3n) is 3.28. The minimum absolute atomic E-state index is 0. The van der Waals surface area contributed by atoms with Crippen molar-refractivity contribution in [2.24, 2.45) is 0 Å². The Labute approximate surface area is 118 Å². The lowest BCUT2D eigenvalue weighted by molar-refractivity contribution is 0.0440. The molecule has 1 unspecified atom stereocenters. The van der Waals surface area contributed by atoms with Gasteiger partial charge in [-0.2, -0.15) is 0 Å². The number of hydrogen-bond acceptors (Lipinski definition) is 4. The molecule has 5 heteroatoms. The van der Waals surface area contributed by atoms with Crippen molar-refractivity contribution in [1.29, 1.82) is 0 Å². The second kappa shape index (κ2) is 6.19. The summed E-state index contributed by atoms with van der Waals surface area (Å²) >= 11 is 0. The van der Waals surface area contributed by atoms with Crippen LogP contribution in [0.2, 0.25) is 0 Å². The van der Waals surface area contributed by atoms with Gasteiger partial charge in [-0.05, 0) is 30.7 Å². The highest BCUT2D eigenvalue weighted by Gasteiger charge is 2.23. The van der Waals surface area contributed by atoms with Crippen LogP contribution in [-0.2, 0) is 11.2 Å². The Morgan fingerprint density at radius 2 is 2.32 bits per heavy atom. The van der Waals surface area contributed by atoms with Gasteiger partial charge in [0.2, 0.25) is 5.89 Å². The second-order valence-electron chi connectivity index (χ2n) is 4.38. The maximum absolute atomic E-state index is 5.80. The van der Waals surface area contributed by atoms with E-state index in [2.05, 4.69) is 22.4 Å². The molecule has 1 N–H and O–H groups in total. The van der Waals surface area contributed by atoms with E-state index >= 15 is 0 Å². The Morgan fingerprint density at radius 1 is 1.42 bits per heavy atom. The summed E-state index contributed by atoms with van der Waals surface area (Å²) in [6.45, 7) is 1.57. The Bertz CT molecular complexity index is 528. The van der Waals surface area contributed by atoms with Crippen molar-refractivity contribution >= 4 is 12.4 Å².